The Kier molecular flexibility index (Phi) is 8.37. The molecule has 0 saturated carbocycles. The highest BCUT2D eigenvalue weighted by molar-refractivity contribution is 5.79. The fraction of sp³-hybridized carbons (Fsp3) is 0.519. The Bertz CT molecular complexity index is 865. The van der Waals surface area contributed by atoms with Crippen molar-refractivity contribution in [3.63, 3.8) is 0 Å². The van der Waals surface area contributed by atoms with Crippen LogP contribution >= 0.6 is 0 Å². The van der Waals surface area contributed by atoms with Crippen LogP contribution in [-0.2, 0) is 22.6 Å². The number of nitrogens with zero attached hydrogens (tertiary/aromatic N) is 3. The number of likely N-dealkylation sites (tertiary alicyclic amines) is 1. The second-order valence-corrected chi connectivity index (χ2v) is 9.40. The lowest BCUT2D eigenvalue weighted by atomic mass is 9.88. The van der Waals surface area contributed by atoms with Crippen LogP contribution in [0.4, 0.5) is 5.69 Å². The first-order valence-corrected chi connectivity index (χ1v) is 12.2. The number of anilines is 1. The van der Waals surface area contributed by atoms with E-state index in [4.69, 9.17) is 4.74 Å². The molecule has 33 heavy (non-hydrogen) atoms. The third-order valence-electron chi connectivity index (χ3n) is 7.07. The van der Waals surface area contributed by atoms with E-state index in [1.54, 1.807) is 7.11 Å². The van der Waals surface area contributed by atoms with Crippen LogP contribution in [0.2, 0.25) is 0 Å². The van der Waals surface area contributed by atoms with Gasteiger partial charge in [0.25, 0.3) is 0 Å². The fourth-order valence-electron chi connectivity index (χ4n) is 5.05. The summed E-state index contributed by atoms with van der Waals surface area (Å²) in [6, 6.07) is 19.2. The SMILES string of the molecule is COC[C@@H]1[C@H](C(=O)NCc2ccc(N3CCN(C)CC3)cc2)CCCN1Cc1ccccc1. The van der Waals surface area contributed by atoms with Crippen molar-refractivity contribution in [2.75, 3.05) is 58.4 Å². The molecule has 2 aromatic rings. The van der Waals surface area contributed by atoms with Crippen LogP contribution in [0, 0.1) is 5.92 Å². The van der Waals surface area contributed by atoms with Gasteiger partial charge in [0.2, 0.25) is 5.91 Å². The number of hydrogen-bond acceptors (Lipinski definition) is 5. The quantitative estimate of drug-likeness (QED) is 0.670. The highest BCUT2D eigenvalue weighted by Gasteiger charge is 2.35. The van der Waals surface area contributed by atoms with E-state index in [9.17, 15) is 4.79 Å². The van der Waals surface area contributed by atoms with E-state index in [2.05, 4.69) is 75.6 Å². The first kappa shape index (κ1) is 23.7. The number of hydrogen-bond donors (Lipinski definition) is 1. The lowest BCUT2D eigenvalue weighted by molar-refractivity contribution is -0.130. The topological polar surface area (TPSA) is 48.1 Å². The largest absolute Gasteiger partial charge is 0.383 e. The molecular weight excluding hydrogens is 412 g/mol. The van der Waals surface area contributed by atoms with E-state index in [-0.39, 0.29) is 17.9 Å². The zero-order valence-electron chi connectivity index (χ0n) is 20.1. The van der Waals surface area contributed by atoms with E-state index >= 15 is 0 Å². The monoisotopic (exact) mass is 450 g/mol. The summed E-state index contributed by atoms with van der Waals surface area (Å²) < 4.78 is 5.54. The van der Waals surface area contributed by atoms with Gasteiger partial charge in [-0.15, -0.1) is 0 Å². The molecule has 2 aliphatic rings. The van der Waals surface area contributed by atoms with Crippen molar-refractivity contribution in [1.82, 2.24) is 15.1 Å². The third-order valence-corrected chi connectivity index (χ3v) is 7.07. The Hall–Kier alpha value is -2.41. The van der Waals surface area contributed by atoms with E-state index in [1.807, 2.05) is 6.07 Å². The van der Waals surface area contributed by atoms with Crippen molar-refractivity contribution < 1.29 is 9.53 Å². The van der Waals surface area contributed by atoms with Gasteiger partial charge in [0.15, 0.2) is 0 Å². The summed E-state index contributed by atoms with van der Waals surface area (Å²) in [7, 11) is 3.90. The molecule has 2 aliphatic heterocycles. The van der Waals surface area contributed by atoms with Gasteiger partial charge in [-0.1, -0.05) is 42.5 Å². The number of ether oxygens (including phenoxy) is 1. The minimum absolute atomic E-state index is 0.0491. The maximum atomic E-state index is 13.2. The molecule has 2 saturated heterocycles. The maximum Gasteiger partial charge on any atom is 0.225 e. The van der Waals surface area contributed by atoms with Crippen molar-refractivity contribution in [3.05, 3.63) is 65.7 Å². The number of piperidine rings is 1. The van der Waals surface area contributed by atoms with Gasteiger partial charge < -0.3 is 19.9 Å². The van der Waals surface area contributed by atoms with Gasteiger partial charge in [-0.05, 0) is 49.7 Å². The van der Waals surface area contributed by atoms with Gasteiger partial charge in [-0.3, -0.25) is 9.69 Å². The van der Waals surface area contributed by atoms with E-state index < -0.39 is 0 Å². The average molecular weight is 451 g/mol. The molecule has 0 spiro atoms. The van der Waals surface area contributed by atoms with E-state index in [0.29, 0.717) is 13.2 Å². The van der Waals surface area contributed by atoms with Gasteiger partial charge >= 0.3 is 0 Å². The van der Waals surface area contributed by atoms with E-state index in [0.717, 1.165) is 57.7 Å². The number of rotatable bonds is 8. The summed E-state index contributed by atoms with van der Waals surface area (Å²) in [6.07, 6.45) is 1.94. The Balaban J connectivity index is 1.33. The van der Waals surface area contributed by atoms with Crippen molar-refractivity contribution in [3.8, 4) is 0 Å². The van der Waals surface area contributed by atoms with Crippen LogP contribution in [0.5, 0.6) is 0 Å². The number of carbonyl (C=O) groups excluding carboxylic acids is 1. The molecule has 178 valence electrons. The van der Waals surface area contributed by atoms with Crippen molar-refractivity contribution >= 4 is 11.6 Å². The highest BCUT2D eigenvalue weighted by Crippen LogP contribution is 2.26. The number of nitrogens with one attached hydrogen (secondary N) is 1. The molecule has 2 fully saturated rings. The molecule has 6 heteroatoms. The van der Waals surface area contributed by atoms with Gasteiger partial charge in [0.05, 0.1) is 12.5 Å². The Morgan fingerprint density at radius 2 is 1.70 bits per heavy atom. The Morgan fingerprint density at radius 1 is 0.970 bits per heavy atom. The highest BCUT2D eigenvalue weighted by atomic mass is 16.5. The molecule has 0 aromatic heterocycles. The second kappa shape index (κ2) is 11.6. The minimum Gasteiger partial charge on any atom is -0.383 e. The number of amides is 1. The van der Waals surface area contributed by atoms with Crippen LogP contribution in [-0.4, -0.2) is 75.2 Å². The van der Waals surface area contributed by atoms with Crippen molar-refractivity contribution in [1.29, 1.82) is 0 Å². The average Bonchev–Trinajstić information content (AvgIpc) is 2.85. The maximum absolute atomic E-state index is 13.2. The molecule has 0 aliphatic carbocycles. The molecule has 2 aromatic carbocycles. The first-order chi connectivity index (χ1) is 16.1. The first-order valence-electron chi connectivity index (χ1n) is 12.2. The van der Waals surface area contributed by atoms with Crippen LogP contribution in [0.3, 0.4) is 0 Å². The lowest BCUT2D eigenvalue weighted by Crippen LogP contribution is -2.52. The van der Waals surface area contributed by atoms with Gasteiger partial charge in [0.1, 0.15) is 0 Å². The summed E-state index contributed by atoms with van der Waals surface area (Å²) >= 11 is 0. The normalized spacial score (nSPS) is 22.3. The van der Waals surface area contributed by atoms with Gasteiger partial charge in [0, 0.05) is 58.1 Å². The van der Waals surface area contributed by atoms with Gasteiger partial charge in [-0.25, -0.2) is 0 Å². The van der Waals surface area contributed by atoms with E-state index in [1.165, 1.54) is 11.3 Å². The summed E-state index contributed by atoms with van der Waals surface area (Å²) in [4.78, 5) is 20.4. The van der Waals surface area contributed by atoms with Crippen molar-refractivity contribution in [2.24, 2.45) is 5.92 Å². The number of likely N-dealkylation sites (N-methyl/N-ethyl adjacent to an activating group) is 1. The predicted molar refractivity (Wildman–Crippen MR) is 133 cm³/mol. The Morgan fingerprint density at radius 3 is 2.39 bits per heavy atom. The smallest absolute Gasteiger partial charge is 0.225 e. The van der Waals surface area contributed by atoms with Gasteiger partial charge in [-0.2, -0.15) is 0 Å². The lowest BCUT2D eigenvalue weighted by Gasteiger charge is -2.40. The molecule has 0 radical (unpaired) electrons. The summed E-state index contributed by atoms with van der Waals surface area (Å²) in [6.45, 7) is 7.32. The minimum atomic E-state index is -0.0491. The van der Waals surface area contributed by atoms with Crippen LogP contribution in [0.15, 0.2) is 54.6 Å². The molecule has 1 amide bonds. The third kappa shape index (κ3) is 6.34. The zero-order chi connectivity index (χ0) is 23.0. The molecule has 4 rings (SSSR count). The number of piperazine rings is 1. The zero-order valence-corrected chi connectivity index (χ0v) is 20.1. The Labute approximate surface area is 198 Å². The van der Waals surface area contributed by atoms with Crippen LogP contribution < -0.4 is 10.2 Å². The number of benzene rings is 2. The van der Waals surface area contributed by atoms with Crippen LogP contribution in [0.25, 0.3) is 0 Å². The predicted octanol–water partition coefficient (Wildman–Crippen LogP) is 2.98. The van der Waals surface area contributed by atoms with Crippen LogP contribution in [0.1, 0.15) is 24.0 Å². The number of methoxy groups -OCH3 is 1. The standard InChI is InChI=1S/C27H38N4O2/c1-29-15-17-30(18-16-29)24-12-10-22(11-13-24)19-28-27(32)25-9-6-14-31(26(25)21-33-2)20-23-7-4-3-5-8-23/h3-5,7-8,10-13,25-26H,6,9,14-21H2,1-2H3,(H,28,32)/t25-,26-/m1/s1. The number of carbonyl (C=O) groups is 1. The molecule has 2 heterocycles. The van der Waals surface area contributed by atoms with Crippen molar-refractivity contribution in [2.45, 2.75) is 32.0 Å². The molecular formula is C27H38N4O2. The molecule has 2 atom stereocenters. The summed E-state index contributed by atoms with van der Waals surface area (Å²) in [5.74, 6) is 0.0879. The molecule has 0 unspecified atom stereocenters. The molecule has 0 bridgehead atoms. The second-order valence-electron chi connectivity index (χ2n) is 9.40. The summed E-state index contributed by atoms with van der Waals surface area (Å²) in [5, 5.41) is 3.20. The molecule has 1 N–H and O–H groups in total. The molecule has 6 nitrogen and oxygen atoms in total. The fourth-order valence-corrected chi connectivity index (χ4v) is 5.05. The summed E-state index contributed by atoms with van der Waals surface area (Å²) in [5.41, 5.74) is 3.68.